The molecule has 1 aromatic heterocycles. The van der Waals surface area contributed by atoms with E-state index in [0.29, 0.717) is 12.0 Å². The smallest absolute Gasteiger partial charge is 0.207 e. The molecule has 22 heavy (non-hydrogen) atoms. The molecular weight excluding hydrogens is 293 g/mol. The molecule has 3 aromatic rings. The number of hydrogen-bond donors (Lipinski definition) is 0. The summed E-state index contributed by atoms with van der Waals surface area (Å²) in [5.41, 5.74) is 3.46. The second-order valence-electron chi connectivity index (χ2n) is 6.25. The Morgan fingerprint density at radius 2 is 1.55 bits per heavy atom. The van der Waals surface area contributed by atoms with Gasteiger partial charge in [-0.05, 0) is 43.2 Å². The lowest BCUT2D eigenvalue weighted by Gasteiger charge is -2.05. The van der Waals surface area contributed by atoms with E-state index in [1.165, 1.54) is 27.4 Å². The summed E-state index contributed by atoms with van der Waals surface area (Å²) >= 11 is 1.87. The Morgan fingerprint density at radius 3 is 2.14 bits per heavy atom. The predicted molar refractivity (Wildman–Crippen MR) is 91.9 cm³/mol. The molecule has 2 aromatic carbocycles. The van der Waals surface area contributed by atoms with Crippen LogP contribution in [0.4, 0.5) is 4.39 Å². The van der Waals surface area contributed by atoms with Crippen molar-refractivity contribution in [2.75, 3.05) is 0 Å². The third kappa shape index (κ3) is 2.66. The van der Waals surface area contributed by atoms with E-state index in [2.05, 4.69) is 50.5 Å². The van der Waals surface area contributed by atoms with E-state index < -0.39 is 0 Å². The summed E-state index contributed by atoms with van der Waals surface area (Å²) in [4.78, 5) is 0. The van der Waals surface area contributed by atoms with Gasteiger partial charge in [-0.1, -0.05) is 43.4 Å². The van der Waals surface area contributed by atoms with Crippen LogP contribution in [-0.2, 0) is 0 Å². The van der Waals surface area contributed by atoms with Gasteiger partial charge in [0.1, 0.15) is 10.5 Å². The highest BCUT2D eigenvalue weighted by Gasteiger charge is 2.25. The van der Waals surface area contributed by atoms with Crippen LogP contribution in [0.25, 0.3) is 21.3 Å². The Balaban J connectivity index is 2.20. The van der Waals surface area contributed by atoms with Gasteiger partial charge in [-0.15, -0.1) is 0 Å². The third-order valence-electron chi connectivity index (χ3n) is 3.86. The van der Waals surface area contributed by atoms with Crippen molar-refractivity contribution in [1.29, 1.82) is 0 Å². The normalized spacial score (nSPS) is 11.8. The standard InChI is InChI=1S/C19H21FNS/c1-12(2)19-21(13(3)4)17-11-15(7-10-18(17)22-19)14-5-8-16(20)9-6-14/h5-13H,1-4H3/q+1. The van der Waals surface area contributed by atoms with E-state index in [9.17, 15) is 4.39 Å². The summed E-state index contributed by atoms with van der Waals surface area (Å²) in [6, 6.07) is 13.7. The van der Waals surface area contributed by atoms with Gasteiger partial charge < -0.3 is 0 Å². The van der Waals surface area contributed by atoms with E-state index in [-0.39, 0.29) is 5.82 Å². The van der Waals surface area contributed by atoms with Crippen molar-refractivity contribution < 1.29 is 8.96 Å². The van der Waals surface area contributed by atoms with Crippen LogP contribution in [0.15, 0.2) is 42.5 Å². The second-order valence-corrected chi connectivity index (χ2v) is 7.31. The third-order valence-corrected chi connectivity index (χ3v) is 5.30. The van der Waals surface area contributed by atoms with Crippen molar-refractivity contribution in [3.05, 3.63) is 53.3 Å². The highest BCUT2D eigenvalue weighted by atomic mass is 32.1. The predicted octanol–water partition coefficient (Wildman–Crippen LogP) is 5.70. The lowest BCUT2D eigenvalue weighted by Crippen LogP contribution is -2.39. The zero-order valence-electron chi connectivity index (χ0n) is 13.4. The molecule has 0 amide bonds. The molecule has 1 nitrogen and oxygen atoms in total. The first-order chi connectivity index (χ1) is 10.5. The number of halogens is 1. The first-order valence-electron chi connectivity index (χ1n) is 7.71. The fourth-order valence-electron chi connectivity index (χ4n) is 2.82. The number of benzene rings is 2. The fourth-order valence-corrected chi connectivity index (χ4v) is 4.09. The van der Waals surface area contributed by atoms with Gasteiger partial charge in [0.05, 0.1) is 0 Å². The summed E-state index contributed by atoms with van der Waals surface area (Å²) in [7, 11) is 0. The van der Waals surface area contributed by atoms with E-state index >= 15 is 0 Å². The van der Waals surface area contributed by atoms with Crippen molar-refractivity contribution in [3.63, 3.8) is 0 Å². The molecule has 0 saturated carbocycles. The van der Waals surface area contributed by atoms with E-state index in [1.807, 2.05) is 23.5 Å². The molecule has 0 radical (unpaired) electrons. The molecule has 0 aliphatic rings. The highest BCUT2D eigenvalue weighted by molar-refractivity contribution is 7.18. The van der Waals surface area contributed by atoms with Gasteiger partial charge >= 0.3 is 0 Å². The minimum atomic E-state index is -0.195. The topological polar surface area (TPSA) is 3.88 Å². The van der Waals surface area contributed by atoms with E-state index in [1.54, 1.807) is 0 Å². The Hall–Kier alpha value is -1.74. The average Bonchev–Trinajstić information content (AvgIpc) is 2.86. The molecule has 0 N–H and O–H groups in total. The van der Waals surface area contributed by atoms with Gasteiger partial charge in [-0.3, -0.25) is 0 Å². The minimum absolute atomic E-state index is 0.195. The first-order valence-corrected chi connectivity index (χ1v) is 8.53. The van der Waals surface area contributed by atoms with Crippen molar-refractivity contribution in [2.24, 2.45) is 0 Å². The molecule has 0 unspecified atom stereocenters. The first kappa shape index (κ1) is 15.2. The molecule has 114 valence electrons. The summed E-state index contributed by atoms with van der Waals surface area (Å²) in [6.45, 7) is 8.93. The van der Waals surface area contributed by atoms with Gasteiger partial charge in [0.2, 0.25) is 10.5 Å². The van der Waals surface area contributed by atoms with Crippen molar-refractivity contribution >= 4 is 21.6 Å². The molecular formula is C19H21FNS+. The van der Waals surface area contributed by atoms with Gasteiger partial charge in [0.15, 0.2) is 6.04 Å². The SMILES string of the molecule is CC(C)c1sc2ccc(-c3ccc(F)cc3)cc2[n+]1C(C)C. The molecule has 3 rings (SSSR count). The average molecular weight is 314 g/mol. The summed E-state index contributed by atoms with van der Waals surface area (Å²) in [6.07, 6.45) is 0. The quantitative estimate of drug-likeness (QED) is 0.546. The molecule has 3 heteroatoms. The van der Waals surface area contributed by atoms with Crippen LogP contribution >= 0.6 is 11.3 Å². The molecule has 0 saturated heterocycles. The maximum absolute atomic E-state index is 13.1. The number of thiazole rings is 1. The Bertz CT molecular complexity index is 800. The van der Waals surface area contributed by atoms with E-state index in [0.717, 1.165) is 11.1 Å². The van der Waals surface area contributed by atoms with Crippen molar-refractivity contribution in [2.45, 2.75) is 39.7 Å². The lowest BCUT2D eigenvalue weighted by atomic mass is 10.1. The molecule has 0 fully saturated rings. The Morgan fingerprint density at radius 1 is 0.909 bits per heavy atom. The van der Waals surface area contributed by atoms with Gasteiger partial charge in [0.25, 0.3) is 0 Å². The van der Waals surface area contributed by atoms with E-state index in [4.69, 9.17) is 0 Å². The Labute approximate surface area is 135 Å². The van der Waals surface area contributed by atoms with Crippen LogP contribution in [0.3, 0.4) is 0 Å². The van der Waals surface area contributed by atoms with Crippen LogP contribution < -0.4 is 4.57 Å². The fraction of sp³-hybridized carbons (Fsp3) is 0.316. The molecule has 0 aliphatic heterocycles. The summed E-state index contributed by atoms with van der Waals surface area (Å²) < 4.78 is 16.9. The van der Waals surface area contributed by atoms with Crippen LogP contribution in [0.2, 0.25) is 0 Å². The molecule has 0 aliphatic carbocycles. The summed E-state index contributed by atoms with van der Waals surface area (Å²) in [5.74, 6) is 0.314. The maximum atomic E-state index is 13.1. The number of fused-ring (bicyclic) bond motifs is 1. The molecule has 0 bridgehead atoms. The monoisotopic (exact) mass is 314 g/mol. The number of aromatic nitrogens is 1. The second kappa shape index (κ2) is 5.81. The molecule has 0 spiro atoms. The number of hydrogen-bond acceptors (Lipinski definition) is 1. The maximum Gasteiger partial charge on any atom is 0.241 e. The lowest BCUT2D eigenvalue weighted by molar-refractivity contribution is -0.695. The Kier molecular flexibility index (Phi) is 4.00. The van der Waals surface area contributed by atoms with Crippen LogP contribution in [0.1, 0.15) is 44.7 Å². The van der Waals surface area contributed by atoms with Gasteiger partial charge in [-0.2, -0.15) is 4.57 Å². The van der Waals surface area contributed by atoms with Gasteiger partial charge in [-0.25, -0.2) is 4.39 Å². The largest absolute Gasteiger partial charge is 0.241 e. The zero-order chi connectivity index (χ0) is 15.9. The molecule has 0 atom stereocenters. The van der Waals surface area contributed by atoms with Crippen LogP contribution in [0.5, 0.6) is 0 Å². The van der Waals surface area contributed by atoms with Crippen molar-refractivity contribution in [1.82, 2.24) is 0 Å². The number of rotatable bonds is 3. The highest BCUT2D eigenvalue weighted by Crippen LogP contribution is 2.31. The summed E-state index contributed by atoms with van der Waals surface area (Å²) in [5, 5.41) is 1.40. The zero-order valence-corrected chi connectivity index (χ0v) is 14.2. The molecule has 1 heterocycles. The van der Waals surface area contributed by atoms with Gasteiger partial charge in [0, 0.05) is 12.0 Å². The minimum Gasteiger partial charge on any atom is -0.207 e. The van der Waals surface area contributed by atoms with Crippen LogP contribution in [0, 0.1) is 5.82 Å². The van der Waals surface area contributed by atoms with Crippen LogP contribution in [-0.4, -0.2) is 0 Å². The number of nitrogens with zero attached hydrogens (tertiary/aromatic N) is 1. The van der Waals surface area contributed by atoms with Crippen molar-refractivity contribution in [3.8, 4) is 11.1 Å².